The Morgan fingerprint density at radius 2 is 1.74 bits per heavy atom. The van der Waals surface area contributed by atoms with Crippen molar-refractivity contribution < 1.29 is 35.9 Å². The van der Waals surface area contributed by atoms with E-state index in [1.807, 2.05) is 0 Å². The van der Waals surface area contributed by atoms with E-state index in [1.165, 1.54) is 30.5 Å². The minimum Gasteiger partial charge on any atom is -0.341 e. The van der Waals surface area contributed by atoms with Crippen LogP contribution in [0.3, 0.4) is 0 Å². The molecule has 1 aliphatic heterocycles. The first-order chi connectivity index (χ1) is 19.9. The smallest absolute Gasteiger partial charge is 0.341 e. The Kier molecular flexibility index (Phi) is 6.45. The molecule has 3 aromatic carbocycles. The van der Waals surface area contributed by atoms with Gasteiger partial charge in [-0.2, -0.15) is 17.6 Å². The number of alkyl halides is 3. The largest absolute Gasteiger partial charge is 0.416 e. The Bertz CT molecular complexity index is 1940. The second-order valence-corrected chi connectivity index (χ2v) is 9.87. The van der Waals surface area contributed by atoms with Crippen molar-refractivity contribution in [3.05, 3.63) is 123 Å². The molecule has 42 heavy (non-hydrogen) atoms. The zero-order valence-electron chi connectivity index (χ0n) is 20.9. The fourth-order valence-corrected chi connectivity index (χ4v) is 5.10. The SMILES string of the molecule is O=C(Nc1cc(-c2ccc3ncc(F)n3c2)cc2c1[C@H](c1cc(F)ccc1Cl)NC2=O)c1cc(F)cc(C(F)(F)F)c1. The van der Waals surface area contributed by atoms with Crippen LogP contribution in [0.2, 0.25) is 5.02 Å². The summed E-state index contributed by atoms with van der Waals surface area (Å²) in [6.45, 7) is 0. The van der Waals surface area contributed by atoms with E-state index in [2.05, 4.69) is 15.6 Å². The fourth-order valence-electron chi connectivity index (χ4n) is 4.87. The number of hydrogen-bond acceptors (Lipinski definition) is 3. The molecule has 6 rings (SSSR count). The van der Waals surface area contributed by atoms with Crippen molar-refractivity contribution in [1.29, 1.82) is 0 Å². The normalized spacial score (nSPS) is 14.6. The molecule has 2 N–H and O–H groups in total. The lowest BCUT2D eigenvalue weighted by Crippen LogP contribution is -2.21. The van der Waals surface area contributed by atoms with Crippen LogP contribution >= 0.6 is 11.6 Å². The van der Waals surface area contributed by atoms with E-state index in [1.54, 1.807) is 6.07 Å². The fraction of sp³-hybridized carbons (Fsp3) is 0.0690. The van der Waals surface area contributed by atoms with E-state index in [0.29, 0.717) is 28.9 Å². The number of carbonyl (C=O) groups excluding carboxylic acids is 2. The molecule has 2 amide bonds. The number of anilines is 1. The maximum absolute atomic E-state index is 14.2. The van der Waals surface area contributed by atoms with Crippen LogP contribution in [0.15, 0.2) is 73.1 Å². The van der Waals surface area contributed by atoms with E-state index < -0.39 is 52.7 Å². The van der Waals surface area contributed by atoms with Crippen molar-refractivity contribution in [3.63, 3.8) is 0 Å². The van der Waals surface area contributed by atoms with Crippen LogP contribution in [-0.2, 0) is 6.18 Å². The summed E-state index contributed by atoms with van der Waals surface area (Å²) < 4.78 is 83.6. The van der Waals surface area contributed by atoms with Crippen molar-refractivity contribution in [2.45, 2.75) is 12.2 Å². The van der Waals surface area contributed by atoms with E-state index >= 15 is 0 Å². The third kappa shape index (κ3) is 4.83. The number of carbonyl (C=O) groups is 2. The third-order valence-electron chi connectivity index (χ3n) is 6.79. The van der Waals surface area contributed by atoms with Gasteiger partial charge in [-0.1, -0.05) is 11.6 Å². The molecular weight excluding hydrogens is 586 g/mol. The first kappa shape index (κ1) is 27.3. The quantitative estimate of drug-likeness (QED) is 0.215. The van der Waals surface area contributed by atoms with Crippen LogP contribution in [0.1, 0.15) is 43.4 Å². The summed E-state index contributed by atoms with van der Waals surface area (Å²) >= 11 is 6.31. The van der Waals surface area contributed by atoms with Crippen LogP contribution in [0.4, 0.5) is 32.0 Å². The number of hydrogen-bond donors (Lipinski definition) is 2. The molecule has 0 saturated heterocycles. The minimum absolute atomic E-state index is 0.0366. The van der Waals surface area contributed by atoms with E-state index in [0.717, 1.165) is 22.7 Å². The van der Waals surface area contributed by atoms with Crippen molar-refractivity contribution in [2.75, 3.05) is 5.32 Å². The number of amides is 2. The van der Waals surface area contributed by atoms with Crippen LogP contribution < -0.4 is 10.6 Å². The number of nitrogens with zero attached hydrogens (tertiary/aromatic N) is 2. The van der Waals surface area contributed by atoms with E-state index in [4.69, 9.17) is 11.6 Å². The Labute approximate surface area is 237 Å². The molecule has 0 spiro atoms. The standard InChI is InChI=1S/C29H15ClF6N4O2/c30-21-3-2-17(31)10-19(21)26-25-20(28(42)39-26)7-14(13-1-4-24-37-11-23(33)40(24)12-13)8-22(25)38-27(41)15-5-16(29(34,35)36)9-18(32)6-15/h1-12,26H,(H,38,41)(H,39,42)/t26-/m0/s1. The average Bonchev–Trinajstić information content (AvgIpc) is 3.48. The van der Waals surface area contributed by atoms with Gasteiger partial charge in [-0.25, -0.2) is 13.8 Å². The zero-order chi connectivity index (χ0) is 29.9. The third-order valence-corrected chi connectivity index (χ3v) is 7.13. The molecule has 0 aliphatic carbocycles. The topological polar surface area (TPSA) is 75.5 Å². The second-order valence-electron chi connectivity index (χ2n) is 9.46. The van der Waals surface area contributed by atoms with E-state index in [9.17, 15) is 35.9 Å². The maximum Gasteiger partial charge on any atom is 0.416 e. The van der Waals surface area contributed by atoms with Crippen molar-refractivity contribution in [1.82, 2.24) is 14.7 Å². The van der Waals surface area contributed by atoms with Gasteiger partial charge in [0.25, 0.3) is 11.8 Å². The van der Waals surface area contributed by atoms with E-state index in [-0.39, 0.29) is 33.5 Å². The monoisotopic (exact) mass is 600 g/mol. The molecule has 0 unspecified atom stereocenters. The van der Waals surface area contributed by atoms with Gasteiger partial charge in [0, 0.05) is 39.2 Å². The number of pyridine rings is 1. The number of rotatable bonds is 4. The summed E-state index contributed by atoms with van der Waals surface area (Å²) in [5, 5.41) is 5.25. The summed E-state index contributed by atoms with van der Waals surface area (Å²) in [6, 6.07) is 9.79. The summed E-state index contributed by atoms with van der Waals surface area (Å²) in [4.78, 5) is 30.3. The highest BCUT2D eigenvalue weighted by Crippen LogP contribution is 2.42. The summed E-state index contributed by atoms with van der Waals surface area (Å²) in [7, 11) is 0. The molecule has 6 nitrogen and oxygen atoms in total. The van der Waals surface area contributed by atoms with Gasteiger partial charge >= 0.3 is 6.18 Å². The molecule has 0 radical (unpaired) electrons. The number of fused-ring (bicyclic) bond motifs is 2. The average molecular weight is 601 g/mol. The van der Waals surface area contributed by atoms with Crippen LogP contribution in [-0.4, -0.2) is 21.2 Å². The minimum atomic E-state index is -4.92. The number of aromatic nitrogens is 2. The van der Waals surface area contributed by atoms with Crippen molar-refractivity contribution >= 4 is 34.7 Å². The molecule has 2 aromatic heterocycles. The van der Waals surface area contributed by atoms with Gasteiger partial charge in [0.2, 0.25) is 5.95 Å². The maximum atomic E-state index is 14.2. The predicted molar refractivity (Wildman–Crippen MR) is 141 cm³/mol. The molecule has 0 fully saturated rings. The van der Waals surface area contributed by atoms with Gasteiger partial charge in [-0.3, -0.25) is 14.0 Å². The van der Waals surface area contributed by atoms with Gasteiger partial charge < -0.3 is 10.6 Å². The zero-order valence-corrected chi connectivity index (χ0v) is 21.6. The lowest BCUT2D eigenvalue weighted by atomic mass is 9.93. The molecule has 0 bridgehead atoms. The number of imidazole rings is 1. The number of benzene rings is 3. The summed E-state index contributed by atoms with van der Waals surface area (Å²) in [5.74, 6) is -4.33. The molecule has 13 heteroatoms. The van der Waals surface area contributed by atoms with Gasteiger partial charge in [-0.05, 0) is 71.8 Å². The Morgan fingerprint density at radius 3 is 2.50 bits per heavy atom. The van der Waals surface area contributed by atoms with Crippen LogP contribution in [0.5, 0.6) is 0 Å². The van der Waals surface area contributed by atoms with Crippen molar-refractivity contribution in [3.8, 4) is 11.1 Å². The highest BCUT2D eigenvalue weighted by molar-refractivity contribution is 6.31. The van der Waals surface area contributed by atoms with Gasteiger partial charge in [0.15, 0.2) is 0 Å². The number of halogens is 7. The molecular formula is C29H15ClF6N4O2. The van der Waals surface area contributed by atoms with Crippen molar-refractivity contribution in [2.24, 2.45) is 0 Å². The lowest BCUT2D eigenvalue weighted by Gasteiger charge is -2.19. The predicted octanol–water partition coefficient (Wildman–Crippen LogP) is 7.18. The molecule has 3 heterocycles. The first-order valence-corrected chi connectivity index (χ1v) is 12.5. The lowest BCUT2D eigenvalue weighted by molar-refractivity contribution is -0.137. The van der Waals surface area contributed by atoms with Crippen LogP contribution in [0, 0.1) is 17.6 Å². The first-order valence-electron chi connectivity index (χ1n) is 12.1. The Balaban J connectivity index is 1.52. The van der Waals surface area contributed by atoms with Crippen LogP contribution in [0.25, 0.3) is 16.8 Å². The molecule has 1 aliphatic rings. The van der Waals surface area contributed by atoms with Gasteiger partial charge in [0.05, 0.1) is 17.8 Å². The number of nitrogens with one attached hydrogen (secondary N) is 2. The molecule has 212 valence electrons. The highest BCUT2D eigenvalue weighted by atomic mass is 35.5. The molecule has 5 aromatic rings. The Hall–Kier alpha value is -4.84. The van der Waals surface area contributed by atoms with Gasteiger partial charge in [0.1, 0.15) is 17.3 Å². The Morgan fingerprint density at radius 1 is 0.952 bits per heavy atom. The molecule has 0 saturated carbocycles. The highest BCUT2D eigenvalue weighted by Gasteiger charge is 2.36. The second kappa shape index (κ2) is 9.91. The van der Waals surface area contributed by atoms with Gasteiger partial charge in [-0.15, -0.1) is 0 Å². The summed E-state index contributed by atoms with van der Waals surface area (Å²) in [5.41, 5.74) is -0.723. The molecule has 1 atom stereocenters. The summed E-state index contributed by atoms with van der Waals surface area (Å²) in [6.07, 6.45) is -2.50.